The first kappa shape index (κ1) is 19.2. The number of nitrogens with one attached hydrogen (secondary N) is 2. The lowest BCUT2D eigenvalue weighted by Gasteiger charge is -2.13. The van der Waals surface area contributed by atoms with E-state index in [0.717, 1.165) is 5.56 Å². The van der Waals surface area contributed by atoms with Crippen LogP contribution in [0.25, 0.3) is 0 Å². The van der Waals surface area contributed by atoms with Crippen molar-refractivity contribution in [1.29, 1.82) is 0 Å². The average molecular weight is 383 g/mol. The zero-order valence-corrected chi connectivity index (χ0v) is 15.8. The van der Waals surface area contributed by atoms with Crippen molar-refractivity contribution >= 4 is 23.4 Å². The van der Waals surface area contributed by atoms with Gasteiger partial charge in [0.15, 0.2) is 11.5 Å². The quantitative estimate of drug-likeness (QED) is 0.755. The SMILES string of the molecule is COc1ccc(CNC(=O)C(=O)N[C@@H]2C(=O)N(C)c3ccccc32)cc1OC. The van der Waals surface area contributed by atoms with E-state index >= 15 is 0 Å². The fraction of sp³-hybridized carbons (Fsp3) is 0.250. The van der Waals surface area contributed by atoms with Crippen LogP contribution in [-0.2, 0) is 20.9 Å². The van der Waals surface area contributed by atoms with Crippen LogP contribution in [0, 0.1) is 0 Å². The van der Waals surface area contributed by atoms with Gasteiger partial charge in [0.1, 0.15) is 6.04 Å². The molecule has 0 saturated heterocycles. The number of carbonyl (C=O) groups is 3. The summed E-state index contributed by atoms with van der Waals surface area (Å²) in [4.78, 5) is 38.3. The fourth-order valence-electron chi connectivity index (χ4n) is 3.07. The second-order valence-electron chi connectivity index (χ2n) is 6.23. The molecule has 1 aliphatic rings. The first-order valence-electron chi connectivity index (χ1n) is 8.62. The molecule has 2 N–H and O–H groups in total. The van der Waals surface area contributed by atoms with Crippen molar-refractivity contribution < 1.29 is 23.9 Å². The Morgan fingerprint density at radius 3 is 2.46 bits per heavy atom. The Morgan fingerprint density at radius 2 is 1.75 bits per heavy atom. The highest BCUT2D eigenvalue weighted by atomic mass is 16.5. The number of fused-ring (bicyclic) bond motifs is 1. The number of amides is 3. The summed E-state index contributed by atoms with van der Waals surface area (Å²) in [6, 6.07) is 11.4. The lowest BCUT2D eigenvalue weighted by molar-refractivity contribution is -0.140. The normalized spacial score (nSPS) is 15.0. The summed E-state index contributed by atoms with van der Waals surface area (Å²) < 4.78 is 10.4. The molecule has 1 heterocycles. The van der Waals surface area contributed by atoms with Crippen LogP contribution >= 0.6 is 0 Å². The number of rotatable bonds is 5. The van der Waals surface area contributed by atoms with E-state index in [1.807, 2.05) is 6.07 Å². The van der Waals surface area contributed by atoms with Gasteiger partial charge in [0.05, 0.1) is 14.2 Å². The summed E-state index contributed by atoms with van der Waals surface area (Å²) in [6.45, 7) is 0.127. The number of hydrogen-bond acceptors (Lipinski definition) is 5. The highest BCUT2D eigenvalue weighted by Gasteiger charge is 2.36. The number of ether oxygens (including phenoxy) is 2. The standard InChI is InChI=1S/C20H21N3O5/c1-23-14-7-5-4-6-13(14)17(20(23)26)22-19(25)18(24)21-11-12-8-9-15(27-2)16(10-12)28-3/h4-10,17H,11H2,1-3H3,(H,21,24)(H,22,25)/t17-/m0/s1. The van der Waals surface area contributed by atoms with E-state index in [1.165, 1.54) is 19.1 Å². The predicted molar refractivity (Wildman–Crippen MR) is 102 cm³/mol. The summed E-state index contributed by atoms with van der Waals surface area (Å²) in [5, 5.41) is 5.04. The topological polar surface area (TPSA) is 97.0 Å². The Hall–Kier alpha value is -3.55. The highest BCUT2D eigenvalue weighted by Crippen LogP contribution is 2.34. The molecule has 2 aromatic carbocycles. The van der Waals surface area contributed by atoms with Crippen LogP contribution in [0.5, 0.6) is 11.5 Å². The van der Waals surface area contributed by atoms with E-state index in [4.69, 9.17) is 9.47 Å². The molecule has 0 aliphatic carbocycles. The smallest absolute Gasteiger partial charge is 0.310 e. The first-order chi connectivity index (χ1) is 13.5. The molecule has 0 unspecified atom stereocenters. The van der Waals surface area contributed by atoms with Gasteiger partial charge in [0.25, 0.3) is 5.91 Å². The predicted octanol–water partition coefficient (Wildman–Crippen LogP) is 1.15. The molecule has 0 fully saturated rings. The van der Waals surface area contributed by atoms with Crippen LogP contribution in [0.15, 0.2) is 42.5 Å². The van der Waals surface area contributed by atoms with Crippen LogP contribution in [0.3, 0.4) is 0 Å². The molecule has 0 bridgehead atoms. The lowest BCUT2D eigenvalue weighted by atomic mass is 10.1. The van der Waals surface area contributed by atoms with Gasteiger partial charge in [-0.2, -0.15) is 0 Å². The Balaban J connectivity index is 1.63. The fourth-order valence-corrected chi connectivity index (χ4v) is 3.07. The third-order valence-electron chi connectivity index (χ3n) is 4.57. The van der Waals surface area contributed by atoms with E-state index in [9.17, 15) is 14.4 Å². The maximum absolute atomic E-state index is 12.4. The Bertz CT molecular complexity index is 928. The molecule has 0 aromatic heterocycles. The summed E-state index contributed by atoms with van der Waals surface area (Å²) in [5.41, 5.74) is 2.11. The number of likely N-dealkylation sites (N-methyl/N-ethyl adjacent to an activating group) is 1. The monoisotopic (exact) mass is 383 g/mol. The van der Waals surface area contributed by atoms with Crippen molar-refractivity contribution in [1.82, 2.24) is 10.6 Å². The molecule has 1 atom stereocenters. The van der Waals surface area contributed by atoms with Crippen molar-refractivity contribution in [2.75, 3.05) is 26.2 Å². The zero-order chi connectivity index (χ0) is 20.3. The molecule has 146 valence electrons. The highest BCUT2D eigenvalue weighted by molar-refractivity contribution is 6.35. The van der Waals surface area contributed by atoms with Gasteiger partial charge >= 0.3 is 11.8 Å². The van der Waals surface area contributed by atoms with E-state index in [2.05, 4.69) is 10.6 Å². The summed E-state index contributed by atoms with van der Waals surface area (Å²) in [5.74, 6) is -0.895. The first-order valence-corrected chi connectivity index (χ1v) is 8.62. The van der Waals surface area contributed by atoms with Gasteiger partial charge in [0, 0.05) is 24.8 Å². The summed E-state index contributed by atoms with van der Waals surface area (Å²) in [6.07, 6.45) is 0. The van der Waals surface area contributed by atoms with E-state index in [-0.39, 0.29) is 12.5 Å². The van der Waals surface area contributed by atoms with Crippen LogP contribution in [0.1, 0.15) is 17.2 Å². The molecule has 28 heavy (non-hydrogen) atoms. The van der Waals surface area contributed by atoms with Gasteiger partial charge in [0.2, 0.25) is 0 Å². The van der Waals surface area contributed by atoms with Gasteiger partial charge in [-0.15, -0.1) is 0 Å². The molecule has 0 saturated carbocycles. The molecular formula is C20H21N3O5. The van der Waals surface area contributed by atoms with Crippen molar-refractivity contribution in [3.05, 3.63) is 53.6 Å². The van der Waals surface area contributed by atoms with Crippen molar-refractivity contribution in [3.8, 4) is 11.5 Å². The maximum Gasteiger partial charge on any atom is 0.310 e. The second kappa shape index (κ2) is 7.99. The Kier molecular flexibility index (Phi) is 5.49. The van der Waals surface area contributed by atoms with Crippen molar-refractivity contribution in [2.24, 2.45) is 0 Å². The molecule has 0 radical (unpaired) electrons. The number of benzene rings is 2. The third-order valence-corrected chi connectivity index (χ3v) is 4.57. The van der Waals surface area contributed by atoms with Gasteiger partial charge in [-0.3, -0.25) is 14.4 Å². The van der Waals surface area contributed by atoms with Crippen LogP contribution < -0.4 is 25.0 Å². The third kappa shape index (κ3) is 3.62. The summed E-state index contributed by atoms with van der Waals surface area (Å²) in [7, 11) is 4.68. The Morgan fingerprint density at radius 1 is 1.04 bits per heavy atom. The number of carbonyl (C=O) groups excluding carboxylic acids is 3. The summed E-state index contributed by atoms with van der Waals surface area (Å²) >= 11 is 0. The number of nitrogens with zero attached hydrogens (tertiary/aromatic N) is 1. The minimum atomic E-state index is -0.875. The molecule has 0 spiro atoms. The van der Waals surface area contributed by atoms with Gasteiger partial charge in [-0.25, -0.2) is 0 Å². The minimum Gasteiger partial charge on any atom is -0.493 e. The lowest BCUT2D eigenvalue weighted by Crippen LogP contribution is -2.43. The average Bonchev–Trinajstić information content (AvgIpc) is 2.96. The molecule has 2 aromatic rings. The maximum atomic E-state index is 12.4. The largest absolute Gasteiger partial charge is 0.493 e. The second-order valence-corrected chi connectivity index (χ2v) is 6.23. The number of para-hydroxylation sites is 1. The zero-order valence-electron chi connectivity index (χ0n) is 15.8. The number of hydrogen-bond donors (Lipinski definition) is 2. The van der Waals surface area contributed by atoms with Gasteiger partial charge < -0.3 is 25.0 Å². The molecule has 3 amide bonds. The van der Waals surface area contributed by atoms with E-state index < -0.39 is 17.9 Å². The Labute approximate surface area is 162 Å². The van der Waals surface area contributed by atoms with E-state index in [1.54, 1.807) is 43.4 Å². The molecule has 1 aliphatic heterocycles. The van der Waals surface area contributed by atoms with Gasteiger partial charge in [-0.1, -0.05) is 24.3 Å². The minimum absolute atomic E-state index is 0.127. The number of anilines is 1. The number of methoxy groups -OCH3 is 2. The van der Waals surface area contributed by atoms with Crippen molar-refractivity contribution in [2.45, 2.75) is 12.6 Å². The molecular weight excluding hydrogens is 362 g/mol. The molecule has 3 rings (SSSR count). The van der Waals surface area contributed by atoms with Crippen molar-refractivity contribution in [3.63, 3.8) is 0 Å². The van der Waals surface area contributed by atoms with E-state index in [0.29, 0.717) is 22.7 Å². The molecule has 8 heteroatoms. The van der Waals surface area contributed by atoms with Gasteiger partial charge in [-0.05, 0) is 23.8 Å². The van der Waals surface area contributed by atoms with Crippen LogP contribution in [0.4, 0.5) is 5.69 Å². The molecule has 8 nitrogen and oxygen atoms in total. The van der Waals surface area contributed by atoms with Crippen LogP contribution in [0.2, 0.25) is 0 Å². The van der Waals surface area contributed by atoms with Crippen LogP contribution in [-0.4, -0.2) is 39.0 Å².